The molecule has 0 radical (unpaired) electrons. The Morgan fingerprint density at radius 3 is 2.79 bits per heavy atom. The number of amides is 1. The Bertz CT molecular complexity index is 1120. The SMILES string of the molecule is COCCN1C[C@@H](c2cc(=O)n3[nH]c(-c4ccccc4OC)c(C)c3n2)CC1=O. The Morgan fingerprint density at radius 2 is 2.03 bits per heavy atom. The van der Waals surface area contributed by atoms with Crippen LogP contribution in [0.15, 0.2) is 35.1 Å². The van der Waals surface area contributed by atoms with Gasteiger partial charge in [0.25, 0.3) is 5.56 Å². The smallest absolute Gasteiger partial charge is 0.272 e. The van der Waals surface area contributed by atoms with E-state index in [1.54, 1.807) is 19.1 Å². The van der Waals surface area contributed by atoms with Crippen LogP contribution in [0.2, 0.25) is 0 Å². The molecular weight excluding hydrogens is 372 g/mol. The summed E-state index contributed by atoms with van der Waals surface area (Å²) in [4.78, 5) is 31.6. The molecule has 0 aliphatic carbocycles. The van der Waals surface area contributed by atoms with Gasteiger partial charge in [-0.15, -0.1) is 0 Å². The molecule has 1 aliphatic rings. The number of likely N-dealkylation sites (tertiary alicyclic amines) is 1. The number of hydrogen-bond donors (Lipinski definition) is 1. The van der Waals surface area contributed by atoms with Gasteiger partial charge in [0.15, 0.2) is 5.65 Å². The number of methoxy groups -OCH3 is 2. The van der Waals surface area contributed by atoms with Gasteiger partial charge in [-0.05, 0) is 19.1 Å². The average molecular weight is 396 g/mol. The molecule has 8 heteroatoms. The molecule has 0 saturated carbocycles. The fourth-order valence-electron chi connectivity index (χ4n) is 3.88. The van der Waals surface area contributed by atoms with Crippen LogP contribution in [0, 0.1) is 6.92 Å². The van der Waals surface area contributed by atoms with Gasteiger partial charge in [-0.3, -0.25) is 14.7 Å². The van der Waals surface area contributed by atoms with E-state index in [1.165, 1.54) is 10.6 Å². The number of aromatic nitrogens is 3. The second kappa shape index (κ2) is 7.71. The molecule has 2 aromatic heterocycles. The van der Waals surface area contributed by atoms with Gasteiger partial charge < -0.3 is 14.4 Å². The molecule has 3 aromatic rings. The maximum atomic E-state index is 12.8. The van der Waals surface area contributed by atoms with Crippen molar-refractivity contribution in [3.8, 4) is 17.0 Å². The summed E-state index contributed by atoms with van der Waals surface area (Å²) >= 11 is 0. The van der Waals surface area contributed by atoms with E-state index in [0.29, 0.717) is 43.2 Å². The molecule has 1 N–H and O–H groups in total. The van der Waals surface area contributed by atoms with Gasteiger partial charge in [0.1, 0.15) is 5.75 Å². The number of H-pyrrole nitrogens is 1. The summed E-state index contributed by atoms with van der Waals surface area (Å²) in [5.41, 5.74) is 3.52. The van der Waals surface area contributed by atoms with Gasteiger partial charge in [-0.1, -0.05) is 12.1 Å². The van der Waals surface area contributed by atoms with E-state index in [4.69, 9.17) is 14.5 Å². The first-order valence-electron chi connectivity index (χ1n) is 9.56. The molecule has 1 fully saturated rings. The van der Waals surface area contributed by atoms with Crippen LogP contribution in [0.1, 0.15) is 23.6 Å². The Balaban J connectivity index is 1.74. The number of benzene rings is 1. The highest BCUT2D eigenvalue weighted by Gasteiger charge is 2.32. The van der Waals surface area contributed by atoms with E-state index in [0.717, 1.165) is 16.8 Å². The van der Waals surface area contributed by atoms with Crippen LogP contribution in [0.3, 0.4) is 0 Å². The maximum absolute atomic E-state index is 12.8. The first-order valence-corrected chi connectivity index (χ1v) is 9.56. The summed E-state index contributed by atoms with van der Waals surface area (Å²) in [6, 6.07) is 9.15. The minimum Gasteiger partial charge on any atom is -0.496 e. The number of rotatable bonds is 6. The number of hydrogen-bond acceptors (Lipinski definition) is 5. The number of carbonyl (C=O) groups is 1. The lowest BCUT2D eigenvalue weighted by molar-refractivity contribution is -0.128. The van der Waals surface area contributed by atoms with Crippen molar-refractivity contribution < 1.29 is 14.3 Å². The Kier molecular flexibility index (Phi) is 5.10. The van der Waals surface area contributed by atoms with Gasteiger partial charge in [-0.2, -0.15) is 0 Å². The summed E-state index contributed by atoms with van der Waals surface area (Å²) in [5, 5.41) is 3.15. The predicted molar refractivity (Wildman–Crippen MR) is 108 cm³/mol. The molecule has 0 bridgehead atoms. The highest BCUT2D eigenvalue weighted by molar-refractivity contribution is 5.80. The molecule has 1 aliphatic heterocycles. The minimum absolute atomic E-state index is 0.0644. The molecule has 29 heavy (non-hydrogen) atoms. The molecule has 1 amide bonds. The van der Waals surface area contributed by atoms with Crippen molar-refractivity contribution >= 4 is 11.6 Å². The van der Waals surface area contributed by atoms with Gasteiger partial charge >= 0.3 is 0 Å². The van der Waals surface area contributed by atoms with Crippen LogP contribution in [0.4, 0.5) is 0 Å². The van der Waals surface area contributed by atoms with E-state index < -0.39 is 0 Å². The molecule has 3 heterocycles. The van der Waals surface area contributed by atoms with E-state index in [9.17, 15) is 9.59 Å². The maximum Gasteiger partial charge on any atom is 0.272 e. The fraction of sp³-hybridized carbons (Fsp3) is 0.381. The van der Waals surface area contributed by atoms with E-state index in [-0.39, 0.29) is 17.4 Å². The molecule has 4 rings (SSSR count). The average Bonchev–Trinajstić information content (AvgIpc) is 3.27. The Labute approximate surface area is 168 Å². The zero-order valence-corrected chi connectivity index (χ0v) is 16.8. The third kappa shape index (κ3) is 3.40. The highest BCUT2D eigenvalue weighted by atomic mass is 16.5. The van der Waals surface area contributed by atoms with Crippen molar-refractivity contribution in [2.45, 2.75) is 19.3 Å². The van der Waals surface area contributed by atoms with Crippen LogP contribution < -0.4 is 10.3 Å². The van der Waals surface area contributed by atoms with Gasteiger partial charge in [-0.25, -0.2) is 9.50 Å². The first kappa shape index (κ1) is 19.2. The lowest BCUT2D eigenvalue weighted by atomic mass is 10.0. The number of fused-ring (bicyclic) bond motifs is 1. The lowest BCUT2D eigenvalue weighted by Gasteiger charge is -2.15. The van der Waals surface area contributed by atoms with Crippen LogP contribution in [0.25, 0.3) is 16.9 Å². The number of carbonyl (C=O) groups excluding carboxylic acids is 1. The molecule has 0 spiro atoms. The summed E-state index contributed by atoms with van der Waals surface area (Å²) in [6.45, 7) is 3.52. The second-order valence-electron chi connectivity index (χ2n) is 7.22. The zero-order valence-electron chi connectivity index (χ0n) is 16.8. The Morgan fingerprint density at radius 1 is 1.24 bits per heavy atom. The first-order chi connectivity index (χ1) is 14.0. The second-order valence-corrected chi connectivity index (χ2v) is 7.22. The van der Waals surface area contributed by atoms with Crippen molar-refractivity contribution in [1.82, 2.24) is 19.5 Å². The normalized spacial score (nSPS) is 16.7. The number of para-hydroxylation sites is 1. The van der Waals surface area contributed by atoms with Crippen molar-refractivity contribution in [3.63, 3.8) is 0 Å². The molecule has 1 atom stereocenters. The van der Waals surface area contributed by atoms with Crippen LogP contribution >= 0.6 is 0 Å². The molecular formula is C21H24N4O4. The molecule has 1 saturated heterocycles. The molecule has 0 unspecified atom stereocenters. The number of nitrogens with one attached hydrogen (secondary N) is 1. The molecule has 152 valence electrons. The zero-order chi connectivity index (χ0) is 20.5. The van der Waals surface area contributed by atoms with Gasteiger partial charge in [0.2, 0.25) is 5.91 Å². The van der Waals surface area contributed by atoms with Gasteiger partial charge in [0.05, 0.1) is 25.1 Å². The largest absolute Gasteiger partial charge is 0.496 e. The highest BCUT2D eigenvalue weighted by Crippen LogP contribution is 2.32. The third-order valence-electron chi connectivity index (χ3n) is 5.45. The van der Waals surface area contributed by atoms with E-state index in [1.807, 2.05) is 31.2 Å². The fourth-order valence-corrected chi connectivity index (χ4v) is 3.88. The van der Waals surface area contributed by atoms with E-state index >= 15 is 0 Å². The number of aryl methyl sites for hydroxylation is 1. The van der Waals surface area contributed by atoms with Crippen LogP contribution in [-0.2, 0) is 9.53 Å². The summed E-state index contributed by atoms with van der Waals surface area (Å²) < 4.78 is 12.0. The lowest BCUT2D eigenvalue weighted by Crippen LogP contribution is -2.28. The van der Waals surface area contributed by atoms with Crippen molar-refractivity contribution in [3.05, 3.63) is 51.9 Å². The van der Waals surface area contributed by atoms with Crippen molar-refractivity contribution in [2.75, 3.05) is 33.9 Å². The minimum atomic E-state index is -0.197. The van der Waals surface area contributed by atoms with Crippen molar-refractivity contribution in [2.24, 2.45) is 0 Å². The van der Waals surface area contributed by atoms with Crippen molar-refractivity contribution in [1.29, 1.82) is 0 Å². The number of aromatic amines is 1. The van der Waals surface area contributed by atoms with Gasteiger partial charge in [0, 0.05) is 49.7 Å². The molecule has 1 aromatic carbocycles. The number of ether oxygens (including phenoxy) is 2. The third-order valence-corrected chi connectivity index (χ3v) is 5.45. The molecule has 8 nitrogen and oxygen atoms in total. The van der Waals surface area contributed by atoms with E-state index in [2.05, 4.69) is 5.10 Å². The Hall–Kier alpha value is -3.13. The summed E-state index contributed by atoms with van der Waals surface area (Å²) in [7, 11) is 3.23. The summed E-state index contributed by atoms with van der Waals surface area (Å²) in [6.07, 6.45) is 0.356. The van der Waals surface area contributed by atoms with Crippen LogP contribution in [0.5, 0.6) is 5.75 Å². The summed E-state index contributed by atoms with van der Waals surface area (Å²) in [5.74, 6) is 0.682. The number of nitrogens with zero attached hydrogens (tertiary/aromatic N) is 3. The topological polar surface area (TPSA) is 88.9 Å². The quantitative estimate of drug-likeness (QED) is 0.688. The monoisotopic (exact) mass is 396 g/mol. The standard InChI is InChI=1S/C21H24N4O4/c1-13-20(15-6-4-5-7-17(15)29-3)23-25-19(27)11-16(22-21(13)25)14-10-18(26)24(12-14)8-9-28-2/h4-7,11,14,23H,8-10,12H2,1-3H3/t14-/m0/s1. The predicted octanol–water partition coefficient (Wildman–Crippen LogP) is 1.97. The van der Waals surface area contributed by atoms with Crippen LogP contribution in [-0.4, -0.2) is 59.3 Å².